The Hall–Kier alpha value is -2.15. The highest BCUT2D eigenvalue weighted by atomic mass is 32.1. The molecule has 0 unspecified atom stereocenters. The number of thiophene rings is 1. The van der Waals surface area contributed by atoms with Crippen molar-refractivity contribution in [3.63, 3.8) is 0 Å². The zero-order valence-corrected chi connectivity index (χ0v) is 14.5. The SMILES string of the molecule is CCCc1cc(C(=O)OC)c(NC(=O)[C@H]2CC=CC[C@H]2C(=O)[O-])s1. The van der Waals surface area contributed by atoms with Crippen molar-refractivity contribution in [1.29, 1.82) is 0 Å². The molecule has 6 nitrogen and oxygen atoms in total. The van der Waals surface area contributed by atoms with Gasteiger partial charge in [0.2, 0.25) is 5.91 Å². The van der Waals surface area contributed by atoms with E-state index in [4.69, 9.17) is 4.74 Å². The molecule has 7 heteroatoms. The predicted molar refractivity (Wildman–Crippen MR) is 88.6 cm³/mol. The number of ether oxygens (including phenoxy) is 1. The number of carbonyl (C=O) groups is 3. The summed E-state index contributed by atoms with van der Waals surface area (Å²) in [5.74, 6) is -3.73. The largest absolute Gasteiger partial charge is 0.550 e. The number of aliphatic carboxylic acids is 1. The van der Waals surface area contributed by atoms with Gasteiger partial charge in [0.05, 0.1) is 18.6 Å². The third kappa shape index (κ3) is 4.03. The molecule has 0 aliphatic heterocycles. The van der Waals surface area contributed by atoms with Gasteiger partial charge in [0.1, 0.15) is 5.00 Å². The van der Waals surface area contributed by atoms with Crippen LogP contribution in [0.1, 0.15) is 41.4 Å². The van der Waals surface area contributed by atoms with E-state index < -0.39 is 29.7 Å². The van der Waals surface area contributed by atoms with Crippen molar-refractivity contribution in [3.05, 3.63) is 28.7 Å². The normalized spacial score (nSPS) is 19.8. The number of amides is 1. The van der Waals surface area contributed by atoms with Gasteiger partial charge >= 0.3 is 5.97 Å². The third-order valence-corrected chi connectivity index (χ3v) is 5.10. The van der Waals surface area contributed by atoms with Crippen LogP contribution in [-0.4, -0.2) is 25.0 Å². The summed E-state index contributed by atoms with van der Waals surface area (Å²) in [4.78, 5) is 36.6. The number of rotatable bonds is 6. The molecular formula is C17H20NO5S-. The molecule has 1 heterocycles. The van der Waals surface area contributed by atoms with Gasteiger partial charge in [0.25, 0.3) is 0 Å². The molecular weight excluding hydrogens is 330 g/mol. The second-order valence-electron chi connectivity index (χ2n) is 5.66. The molecule has 1 N–H and O–H groups in total. The van der Waals surface area contributed by atoms with Gasteiger partial charge in [-0.3, -0.25) is 4.79 Å². The molecule has 24 heavy (non-hydrogen) atoms. The highest BCUT2D eigenvalue weighted by Gasteiger charge is 2.31. The van der Waals surface area contributed by atoms with E-state index in [0.29, 0.717) is 17.0 Å². The minimum atomic E-state index is -1.23. The van der Waals surface area contributed by atoms with Crippen LogP contribution in [0.2, 0.25) is 0 Å². The number of esters is 1. The highest BCUT2D eigenvalue weighted by Crippen LogP contribution is 2.32. The van der Waals surface area contributed by atoms with Crippen LogP contribution in [0, 0.1) is 11.8 Å². The maximum atomic E-state index is 12.5. The lowest BCUT2D eigenvalue weighted by atomic mass is 9.82. The maximum absolute atomic E-state index is 12.5. The minimum Gasteiger partial charge on any atom is -0.550 e. The number of carboxylic acid groups (broad SMARTS) is 1. The van der Waals surface area contributed by atoms with Crippen LogP contribution in [0.3, 0.4) is 0 Å². The van der Waals surface area contributed by atoms with Crippen LogP contribution in [0.25, 0.3) is 0 Å². The fourth-order valence-corrected chi connectivity index (χ4v) is 3.88. The Bertz CT molecular complexity index is 664. The molecule has 1 aliphatic rings. The van der Waals surface area contributed by atoms with Gasteiger partial charge in [-0.2, -0.15) is 0 Å². The van der Waals surface area contributed by atoms with Crippen LogP contribution in [0.15, 0.2) is 18.2 Å². The third-order valence-electron chi connectivity index (χ3n) is 3.99. The number of anilines is 1. The molecule has 0 fully saturated rings. The number of carbonyl (C=O) groups excluding carboxylic acids is 3. The van der Waals surface area contributed by atoms with Gasteiger partial charge < -0.3 is 20.0 Å². The number of allylic oxidation sites excluding steroid dienone is 2. The Morgan fingerprint density at radius 3 is 2.54 bits per heavy atom. The molecule has 130 valence electrons. The summed E-state index contributed by atoms with van der Waals surface area (Å²) in [6, 6.07) is 1.71. The summed E-state index contributed by atoms with van der Waals surface area (Å²) in [6.07, 6.45) is 5.85. The second kappa shape index (κ2) is 8.10. The summed E-state index contributed by atoms with van der Waals surface area (Å²) in [7, 11) is 1.28. The fourth-order valence-electron chi connectivity index (χ4n) is 2.74. The Morgan fingerprint density at radius 2 is 1.96 bits per heavy atom. The van der Waals surface area contributed by atoms with Crippen molar-refractivity contribution in [3.8, 4) is 0 Å². The van der Waals surface area contributed by atoms with E-state index in [9.17, 15) is 19.5 Å². The zero-order valence-electron chi connectivity index (χ0n) is 13.7. The quantitative estimate of drug-likeness (QED) is 0.623. The predicted octanol–water partition coefficient (Wildman–Crippen LogP) is 1.76. The number of hydrogen-bond donors (Lipinski definition) is 1. The van der Waals surface area contributed by atoms with Crippen molar-refractivity contribution in [1.82, 2.24) is 0 Å². The van der Waals surface area contributed by atoms with E-state index in [1.807, 2.05) is 6.92 Å². The fraction of sp³-hybridized carbons (Fsp3) is 0.471. The van der Waals surface area contributed by atoms with Gasteiger partial charge in [-0.25, -0.2) is 4.79 Å². The van der Waals surface area contributed by atoms with Crippen molar-refractivity contribution in [2.45, 2.75) is 32.6 Å². The molecule has 0 saturated heterocycles. The van der Waals surface area contributed by atoms with Crippen molar-refractivity contribution in [2.24, 2.45) is 11.8 Å². The summed E-state index contributed by atoms with van der Waals surface area (Å²) in [5.41, 5.74) is 0.302. The molecule has 0 radical (unpaired) electrons. The van der Waals surface area contributed by atoms with E-state index in [1.54, 1.807) is 18.2 Å². The standard InChI is InChI=1S/C17H21NO5S/c1-3-6-10-9-13(17(22)23-2)15(24-10)18-14(19)11-7-4-5-8-12(11)16(20)21/h4-5,9,11-12H,3,6-8H2,1-2H3,(H,18,19)(H,20,21)/p-1/t11-,12+/m0/s1. The number of methoxy groups -OCH3 is 1. The van der Waals surface area contributed by atoms with E-state index in [2.05, 4.69) is 5.32 Å². The summed E-state index contributed by atoms with van der Waals surface area (Å²) in [6.45, 7) is 2.02. The average molecular weight is 350 g/mol. The molecule has 1 amide bonds. The molecule has 0 aromatic carbocycles. The number of nitrogens with one attached hydrogen (secondary N) is 1. The lowest BCUT2D eigenvalue weighted by Gasteiger charge is -2.28. The van der Waals surface area contributed by atoms with Gasteiger partial charge in [-0.1, -0.05) is 25.5 Å². The van der Waals surface area contributed by atoms with Crippen LogP contribution in [-0.2, 0) is 20.7 Å². The summed E-state index contributed by atoms with van der Waals surface area (Å²) >= 11 is 1.32. The van der Waals surface area contributed by atoms with Crippen LogP contribution in [0.4, 0.5) is 5.00 Å². The molecule has 2 atom stereocenters. The molecule has 0 saturated carbocycles. The molecule has 2 rings (SSSR count). The van der Waals surface area contributed by atoms with Gasteiger partial charge in [-0.05, 0) is 25.3 Å². The Labute approximate surface area is 144 Å². The minimum absolute atomic E-state index is 0.274. The lowest BCUT2D eigenvalue weighted by Crippen LogP contribution is -2.41. The molecule has 1 aromatic heterocycles. The number of aryl methyl sites for hydroxylation is 1. The summed E-state index contributed by atoms with van der Waals surface area (Å²) in [5, 5.41) is 14.4. The molecule has 1 aliphatic carbocycles. The first-order valence-corrected chi connectivity index (χ1v) is 8.67. The van der Waals surface area contributed by atoms with Crippen molar-refractivity contribution in [2.75, 3.05) is 12.4 Å². The highest BCUT2D eigenvalue weighted by molar-refractivity contribution is 7.16. The topological polar surface area (TPSA) is 95.5 Å². The smallest absolute Gasteiger partial charge is 0.340 e. The maximum Gasteiger partial charge on any atom is 0.340 e. The first-order chi connectivity index (χ1) is 11.5. The number of hydrogen-bond acceptors (Lipinski definition) is 6. The molecule has 1 aromatic rings. The van der Waals surface area contributed by atoms with Crippen LogP contribution < -0.4 is 10.4 Å². The number of carboxylic acids is 1. The van der Waals surface area contributed by atoms with E-state index in [1.165, 1.54) is 18.4 Å². The zero-order chi connectivity index (χ0) is 17.7. The summed E-state index contributed by atoms with van der Waals surface area (Å²) < 4.78 is 4.76. The van der Waals surface area contributed by atoms with Gasteiger partial charge in [0, 0.05) is 16.8 Å². The lowest BCUT2D eigenvalue weighted by molar-refractivity contribution is -0.313. The molecule has 0 bridgehead atoms. The van der Waals surface area contributed by atoms with Crippen LogP contribution >= 0.6 is 11.3 Å². The Morgan fingerprint density at radius 1 is 1.29 bits per heavy atom. The Balaban J connectivity index is 2.22. The average Bonchev–Trinajstić information content (AvgIpc) is 2.96. The van der Waals surface area contributed by atoms with Crippen molar-refractivity contribution >= 4 is 34.2 Å². The van der Waals surface area contributed by atoms with Gasteiger partial charge in [-0.15, -0.1) is 11.3 Å². The van der Waals surface area contributed by atoms with E-state index >= 15 is 0 Å². The van der Waals surface area contributed by atoms with Crippen LogP contribution in [0.5, 0.6) is 0 Å². The second-order valence-corrected chi connectivity index (χ2v) is 6.80. The monoisotopic (exact) mass is 350 g/mol. The molecule has 0 spiro atoms. The first-order valence-electron chi connectivity index (χ1n) is 7.85. The van der Waals surface area contributed by atoms with E-state index in [-0.39, 0.29) is 6.42 Å². The first kappa shape index (κ1) is 18.2. The van der Waals surface area contributed by atoms with Gasteiger partial charge in [0.15, 0.2) is 0 Å². The van der Waals surface area contributed by atoms with Crippen molar-refractivity contribution < 1.29 is 24.2 Å². The van der Waals surface area contributed by atoms with E-state index in [0.717, 1.165) is 17.7 Å². The Kier molecular flexibility index (Phi) is 6.14.